The largest absolute Gasteiger partial charge is 0.141 e. The minimum absolute atomic E-state index is 1.11. The Morgan fingerprint density at radius 2 is 1.45 bits per heavy atom. The average Bonchev–Trinajstić information content (AvgIpc) is 1.83. The van der Waals surface area contributed by atoms with E-state index in [1.54, 1.807) is 0 Å². The van der Waals surface area contributed by atoms with Crippen LogP contribution in [0.3, 0.4) is 0 Å². The minimum Gasteiger partial charge on any atom is -0.139 e. The molecule has 0 aromatic heterocycles. The summed E-state index contributed by atoms with van der Waals surface area (Å²) in [6.07, 6.45) is 0. The molecule has 0 aromatic carbocycles. The Morgan fingerprint density at radius 1 is 1.00 bits per heavy atom. The molecule has 0 saturated heterocycles. The SMILES string of the molecule is C[Si](C)(C)C#C[Si](C)(C)CI. The molecule has 64 valence electrons. The molecular weight excluding hydrogens is 279 g/mol. The summed E-state index contributed by atoms with van der Waals surface area (Å²) in [6, 6.07) is 0. The zero-order valence-corrected chi connectivity index (χ0v) is 12.2. The van der Waals surface area contributed by atoms with Gasteiger partial charge >= 0.3 is 0 Å². The van der Waals surface area contributed by atoms with Crippen LogP contribution >= 0.6 is 22.6 Å². The number of hydrogen-bond acceptors (Lipinski definition) is 0. The van der Waals surface area contributed by atoms with Gasteiger partial charge in [0.05, 0.1) is 0 Å². The first-order valence-electron chi connectivity index (χ1n) is 3.87. The summed E-state index contributed by atoms with van der Waals surface area (Å²) in [6.45, 7) is 11.6. The van der Waals surface area contributed by atoms with Crippen LogP contribution in [0.4, 0.5) is 0 Å². The molecular formula is C8H17ISi2. The van der Waals surface area contributed by atoms with E-state index >= 15 is 0 Å². The van der Waals surface area contributed by atoms with Crippen LogP contribution in [0.5, 0.6) is 0 Å². The molecule has 0 aliphatic rings. The smallest absolute Gasteiger partial charge is 0.139 e. The highest BCUT2D eigenvalue weighted by Crippen LogP contribution is 2.05. The van der Waals surface area contributed by atoms with Gasteiger partial charge in [0.2, 0.25) is 0 Å². The third kappa shape index (κ3) is 7.10. The van der Waals surface area contributed by atoms with Crippen LogP contribution in [-0.2, 0) is 0 Å². The predicted octanol–water partition coefficient (Wildman–Crippen LogP) is 3.09. The molecule has 11 heavy (non-hydrogen) atoms. The lowest BCUT2D eigenvalue weighted by molar-refractivity contribution is 1.78. The van der Waals surface area contributed by atoms with Crippen LogP contribution < -0.4 is 0 Å². The van der Waals surface area contributed by atoms with E-state index in [0.717, 1.165) is 0 Å². The highest BCUT2D eigenvalue weighted by molar-refractivity contribution is 14.1. The van der Waals surface area contributed by atoms with Crippen molar-refractivity contribution in [3.05, 3.63) is 0 Å². The number of halogens is 1. The third-order valence-electron chi connectivity index (χ3n) is 1.11. The molecule has 0 fully saturated rings. The standard InChI is InChI=1S/C8H17ISi2/c1-10(2,3)6-7-11(4,5)8-9/h8H2,1-5H3. The summed E-state index contributed by atoms with van der Waals surface area (Å²) in [5.41, 5.74) is 6.95. The van der Waals surface area contributed by atoms with Gasteiger partial charge in [0.1, 0.15) is 16.1 Å². The molecule has 0 spiro atoms. The monoisotopic (exact) mass is 296 g/mol. The van der Waals surface area contributed by atoms with Gasteiger partial charge in [-0.1, -0.05) is 55.3 Å². The van der Waals surface area contributed by atoms with Crippen molar-refractivity contribution in [2.45, 2.75) is 32.7 Å². The summed E-state index contributed by atoms with van der Waals surface area (Å²) >= 11 is 2.46. The van der Waals surface area contributed by atoms with Gasteiger partial charge in [0, 0.05) is 4.05 Å². The van der Waals surface area contributed by atoms with Crippen molar-refractivity contribution < 1.29 is 0 Å². The van der Waals surface area contributed by atoms with E-state index in [4.69, 9.17) is 0 Å². The number of alkyl halides is 1. The van der Waals surface area contributed by atoms with E-state index in [1.165, 1.54) is 4.05 Å². The molecule has 0 saturated carbocycles. The highest BCUT2D eigenvalue weighted by Gasteiger charge is 2.16. The van der Waals surface area contributed by atoms with E-state index in [-0.39, 0.29) is 0 Å². The number of hydrogen-bond donors (Lipinski definition) is 0. The molecule has 0 radical (unpaired) electrons. The summed E-state index contributed by atoms with van der Waals surface area (Å²) in [7, 11) is -2.24. The first-order chi connectivity index (χ1) is 4.77. The maximum atomic E-state index is 3.49. The Hall–Kier alpha value is 0.724. The fourth-order valence-electron chi connectivity index (χ4n) is 0.390. The zero-order valence-electron chi connectivity index (χ0n) is 8.09. The van der Waals surface area contributed by atoms with Crippen molar-refractivity contribution in [2.24, 2.45) is 0 Å². The molecule has 0 N–H and O–H groups in total. The minimum atomic E-state index is -1.13. The van der Waals surface area contributed by atoms with Crippen LogP contribution in [0.1, 0.15) is 0 Å². The molecule has 0 aliphatic heterocycles. The summed E-state index contributed by atoms with van der Waals surface area (Å²) in [5, 5.41) is 0. The summed E-state index contributed by atoms with van der Waals surface area (Å²) < 4.78 is 1.25. The van der Waals surface area contributed by atoms with Gasteiger partial charge in [-0.25, -0.2) is 0 Å². The zero-order chi connectivity index (χ0) is 9.12. The van der Waals surface area contributed by atoms with Crippen LogP contribution in [0.2, 0.25) is 32.7 Å². The lowest BCUT2D eigenvalue weighted by atomic mass is 11.4. The molecule has 0 bridgehead atoms. The summed E-state index contributed by atoms with van der Waals surface area (Å²) in [5.74, 6) is 0. The van der Waals surface area contributed by atoms with Crippen LogP contribution in [0.25, 0.3) is 0 Å². The predicted molar refractivity (Wildman–Crippen MR) is 67.5 cm³/mol. The van der Waals surface area contributed by atoms with Gasteiger partial charge in [-0.3, -0.25) is 0 Å². The topological polar surface area (TPSA) is 0 Å². The van der Waals surface area contributed by atoms with Crippen molar-refractivity contribution >= 4 is 38.7 Å². The molecule has 0 aromatic rings. The van der Waals surface area contributed by atoms with E-state index < -0.39 is 16.1 Å². The second kappa shape index (κ2) is 4.10. The van der Waals surface area contributed by atoms with E-state index in [1.807, 2.05) is 0 Å². The Morgan fingerprint density at radius 3 is 1.73 bits per heavy atom. The average molecular weight is 296 g/mol. The molecule has 3 heteroatoms. The maximum Gasteiger partial charge on any atom is 0.141 e. The Balaban J connectivity index is 4.29. The van der Waals surface area contributed by atoms with Crippen molar-refractivity contribution in [1.82, 2.24) is 0 Å². The molecule has 0 amide bonds. The highest BCUT2D eigenvalue weighted by atomic mass is 127. The van der Waals surface area contributed by atoms with Gasteiger partial charge in [-0.15, -0.1) is 11.1 Å². The van der Waals surface area contributed by atoms with Gasteiger partial charge in [0.25, 0.3) is 0 Å². The fourth-order valence-corrected chi connectivity index (χ4v) is 3.88. The fraction of sp³-hybridized carbons (Fsp3) is 0.750. The van der Waals surface area contributed by atoms with Crippen LogP contribution in [0, 0.1) is 11.1 Å². The summed E-state index contributed by atoms with van der Waals surface area (Å²) in [4.78, 5) is 0. The van der Waals surface area contributed by atoms with Gasteiger partial charge in [-0.05, 0) is 0 Å². The van der Waals surface area contributed by atoms with E-state index in [2.05, 4.69) is 66.4 Å². The maximum absolute atomic E-state index is 3.49. The van der Waals surface area contributed by atoms with Gasteiger partial charge in [0.15, 0.2) is 0 Å². The first-order valence-corrected chi connectivity index (χ1v) is 12.1. The Labute approximate surface area is 86.3 Å². The second-order valence-electron chi connectivity index (χ2n) is 4.52. The Bertz CT molecular complexity index is 180. The molecule has 0 atom stereocenters. The Kier molecular flexibility index (Phi) is 4.37. The van der Waals surface area contributed by atoms with E-state index in [0.29, 0.717) is 0 Å². The molecule has 0 nitrogen and oxygen atoms in total. The quantitative estimate of drug-likeness (QED) is 0.302. The van der Waals surface area contributed by atoms with Crippen molar-refractivity contribution in [3.63, 3.8) is 0 Å². The lowest BCUT2D eigenvalue weighted by Crippen LogP contribution is -2.28. The van der Waals surface area contributed by atoms with Crippen molar-refractivity contribution in [2.75, 3.05) is 4.05 Å². The molecule has 0 unspecified atom stereocenters. The normalized spacial score (nSPS) is 12.2. The number of rotatable bonds is 1. The molecule has 0 aliphatic carbocycles. The van der Waals surface area contributed by atoms with Gasteiger partial charge in [-0.2, -0.15) is 0 Å². The molecule has 0 rings (SSSR count). The van der Waals surface area contributed by atoms with Crippen molar-refractivity contribution in [1.29, 1.82) is 0 Å². The van der Waals surface area contributed by atoms with Crippen LogP contribution in [0.15, 0.2) is 0 Å². The van der Waals surface area contributed by atoms with Crippen molar-refractivity contribution in [3.8, 4) is 11.1 Å². The lowest BCUT2D eigenvalue weighted by Gasteiger charge is -2.11. The van der Waals surface area contributed by atoms with Gasteiger partial charge < -0.3 is 0 Å². The molecule has 0 heterocycles. The second-order valence-corrected chi connectivity index (χ2v) is 15.8. The third-order valence-corrected chi connectivity index (χ3v) is 9.43. The first kappa shape index (κ1) is 11.7. The van der Waals surface area contributed by atoms with Crippen LogP contribution in [-0.4, -0.2) is 20.2 Å². The van der Waals surface area contributed by atoms with E-state index in [9.17, 15) is 0 Å².